The second-order valence-electron chi connectivity index (χ2n) is 4.56. The van der Waals surface area contributed by atoms with Crippen molar-refractivity contribution in [2.75, 3.05) is 0 Å². The van der Waals surface area contributed by atoms with Crippen molar-refractivity contribution in [1.29, 1.82) is 5.41 Å². The number of nitrogens with one attached hydrogen (secondary N) is 1. The molecule has 0 aromatic carbocycles. The molecular formula is C16H18N4O. The van der Waals surface area contributed by atoms with Crippen molar-refractivity contribution in [3.8, 4) is 17.1 Å². The van der Waals surface area contributed by atoms with Crippen LogP contribution in [0.1, 0.15) is 25.8 Å². The van der Waals surface area contributed by atoms with Gasteiger partial charge in [-0.15, -0.1) is 0 Å². The molecule has 2 aromatic heterocycles. The molecule has 0 bridgehead atoms. The number of aromatic nitrogens is 2. The van der Waals surface area contributed by atoms with Crippen molar-refractivity contribution in [2.45, 2.75) is 20.3 Å². The van der Waals surface area contributed by atoms with Crippen LogP contribution in [0.15, 0.2) is 48.5 Å². The molecule has 0 atom stereocenters. The molecule has 0 aliphatic rings. The van der Waals surface area contributed by atoms with E-state index >= 15 is 0 Å². The van der Waals surface area contributed by atoms with Gasteiger partial charge in [0, 0.05) is 29.6 Å². The Kier molecular flexibility index (Phi) is 4.66. The molecule has 3 N–H and O–H groups in total. The van der Waals surface area contributed by atoms with Crippen molar-refractivity contribution in [3.05, 3.63) is 54.1 Å². The minimum Gasteiger partial charge on any atom is -0.444 e. The van der Waals surface area contributed by atoms with Gasteiger partial charge in [0.05, 0.1) is 11.5 Å². The van der Waals surface area contributed by atoms with Crippen molar-refractivity contribution in [1.82, 2.24) is 9.97 Å². The Balaban J connectivity index is 2.15. The Morgan fingerprint density at radius 3 is 2.57 bits per heavy atom. The van der Waals surface area contributed by atoms with Gasteiger partial charge in [-0.3, -0.25) is 10.4 Å². The second kappa shape index (κ2) is 6.65. The van der Waals surface area contributed by atoms with E-state index in [0.29, 0.717) is 11.4 Å². The van der Waals surface area contributed by atoms with Crippen LogP contribution in [0, 0.1) is 5.41 Å². The van der Waals surface area contributed by atoms with Gasteiger partial charge >= 0.3 is 0 Å². The van der Waals surface area contributed by atoms with Crippen molar-refractivity contribution < 1.29 is 4.74 Å². The highest BCUT2D eigenvalue weighted by molar-refractivity contribution is 5.94. The zero-order valence-electron chi connectivity index (χ0n) is 12.1. The standard InChI is InChI=1S/C16H18N4O/c1-3-4-11(2)21-15-8-6-12(9-20-15)14-7-5-13(10-19-14)16(17)18/h4-10H,3H2,1-2H3,(H3,17,18)/b11-4+. The summed E-state index contributed by atoms with van der Waals surface area (Å²) in [5.74, 6) is 1.40. The molecule has 5 nitrogen and oxygen atoms in total. The largest absolute Gasteiger partial charge is 0.444 e. The molecule has 0 spiro atoms. The zero-order valence-corrected chi connectivity index (χ0v) is 12.1. The maximum Gasteiger partial charge on any atom is 0.218 e. The lowest BCUT2D eigenvalue weighted by molar-refractivity contribution is 0.409. The lowest BCUT2D eigenvalue weighted by atomic mass is 10.1. The number of hydrogen-bond acceptors (Lipinski definition) is 4. The molecule has 0 saturated heterocycles. The van der Waals surface area contributed by atoms with Crippen molar-refractivity contribution in [3.63, 3.8) is 0 Å². The van der Waals surface area contributed by atoms with Crippen LogP contribution in [0.25, 0.3) is 11.3 Å². The summed E-state index contributed by atoms with van der Waals surface area (Å²) in [4.78, 5) is 8.54. The lowest BCUT2D eigenvalue weighted by Crippen LogP contribution is -2.11. The highest BCUT2D eigenvalue weighted by Crippen LogP contribution is 2.19. The topological polar surface area (TPSA) is 84.9 Å². The Labute approximate surface area is 124 Å². The molecule has 2 rings (SSSR count). The average molecular weight is 282 g/mol. The molecule has 0 radical (unpaired) electrons. The van der Waals surface area contributed by atoms with E-state index in [4.69, 9.17) is 15.9 Å². The highest BCUT2D eigenvalue weighted by atomic mass is 16.5. The SMILES string of the molecule is CC/C=C(\C)Oc1ccc(-c2ccc(C(=N)N)cn2)cn1. The summed E-state index contributed by atoms with van der Waals surface area (Å²) in [6.45, 7) is 3.96. The minimum absolute atomic E-state index is 0.00843. The smallest absolute Gasteiger partial charge is 0.218 e. The van der Waals surface area contributed by atoms with E-state index in [2.05, 4.69) is 16.9 Å². The average Bonchev–Trinajstić information content (AvgIpc) is 2.48. The number of nitrogens with zero attached hydrogens (tertiary/aromatic N) is 2. The second-order valence-corrected chi connectivity index (χ2v) is 4.56. The predicted octanol–water partition coefficient (Wildman–Crippen LogP) is 3.12. The normalized spacial score (nSPS) is 11.2. The Morgan fingerprint density at radius 2 is 2.05 bits per heavy atom. The minimum atomic E-state index is 0.00843. The number of ether oxygens (including phenoxy) is 1. The first kappa shape index (κ1) is 14.7. The molecule has 0 fully saturated rings. The summed E-state index contributed by atoms with van der Waals surface area (Å²) in [7, 11) is 0. The Morgan fingerprint density at radius 1 is 1.24 bits per heavy atom. The molecule has 0 aliphatic carbocycles. The van der Waals surface area contributed by atoms with E-state index in [0.717, 1.165) is 23.4 Å². The van der Waals surface area contributed by atoms with Gasteiger partial charge in [0.1, 0.15) is 5.84 Å². The number of pyridine rings is 2. The Hall–Kier alpha value is -2.69. The molecule has 2 aromatic rings. The van der Waals surface area contributed by atoms with Gasteiger partial charge in [-0.25, -0.2) is 4.98 Å². The maximum atomic E-state index is 7.34. The van der Waals surface area contributed by atoms with Gasteiger partial charge in [-0.05, 0) is 37.6 Å². The summed E-state index contributed by atoms with van der Waals surface area (Å²) in [5.41, 5.74) is 7.67. The van der Waals surface area contributed by atoms with Crippen LogP contribution in [-0.2, 0) is 0 Å². The van der Waals surface area contributed by atoms with Crippen LogP contribution in [0.3, 0.4) is 0 Å². The molecule has 0 aliphatic heterocycles. The van der Waals surface area contributed by atoms with Crippen LogP contribution in [0.5, 0.6) is 5.88 Å². The summed E-state index contributed by atoms with van der Waals surface area (Å²) < 4.78 is 5.58. The monoisotopic (exact) mass is 282 g/mol. The summed E-state index contributed by atoms with van der Waals surface area (Å²) >= 11 is 0. The van der Waals surface area contributed by atoms with E-state index in [-0.39, 0.29) is 5.84 Å². The molecule has 5 heteroatoms. The fraction of sp³-hybridized carbons (Fsp3) is 0.188. The van der Waals surface area contributed by atoms with Gasteiger partial charge in [-0.1, -0.05) is 6.92 Å². The molecule has 21 heavy (non-hydrogen) atoms. The van der Waals surface area contributed by atoms with Crippen LogP contribution in [0.4, 0.5) is 0 Å². The van der Waals surface area contributed by atoms with E-state index < -0.39 is 0 Å². The van der Waals surface area contributed by atoms with Crippen LogP contribution in [-0.4, -0.2) is 15.8 Å². The first-order chi connectivity index (χ1) is 10.1. The van der Waals surface area contributed by atoms with Crippen LogP contribution >= 0.6 is 0 Å². The number of allylic oxidation sites excluding steroid dienone is 2. The third-order valence-corrected chi connectivity index (χ3v) is 2.86. The molecule has 0 unspecified atom stereocenters. The van der Waals surface area contributed by atoms with Gasteiger partial charge in [0.15, 0.2) is 0 Å². The quantitative estimate of drug-likeness (QED) is 0.501. The summed E-state index contributed by atoms with van der Waals surface area (Å²) in [6.07, 6.45) is 6.22. The molecular weight excluding hydrogens is 264 g/mol. The molecule has 2 heterocycles. The van der Waals surface area contributed by atoms with Crippen LogP contribution in [0.2, 0.25) is 0 Å². The number of amidine groups is 1. The molecule has 0 amide bonds. The molecule has 108 valence electrons. The zero-order chi connectivity index (χ0) is 15.2. The number of nitrogen functional groups attached to an aromatic ring is 1. The highest BCUT2D eigenvalue weighted by Gasteiger charge is 2.03. The van der Waals surface area contributed by atoms with Crippen molar-refractivity contribution in [2.24, 2.45) is 5.73 Å². The van der Waals surface area contributed by atoms with Crippen molar-refractivity contribution >= 4 is 5.84 Å². The van der Waals surface area contributed by atoms with E-state index in [1.807, 2.05) is 31.2 Å². The van der Waals surface area contributed by atoms with Gasteiger partial charge in [-0.2, -0.15) is 0 Å². The first-order valence-electron chi connectivity index (χ1n) is 6.71. The predicted molar refractivity (Wildman–Crippen MR) is 83.2 cm³/mol. The molecule has 0 saturated carbocycles. The van der Waals surface area contributed by atoms with Gasteiger partial charge in [0.25, 0.3) is 0 Å². The van der Waals surface area contributed by atoms with E-state index in [9.17, 15) is 0 Å². The first-order valence-corrected chi connectivity index (χ1v) is 6.71. The van der Waals surface area contributed by atoms with Gasteiger partial charge < -0.3 is 10.5 Å². The summed E-state index contributed by atoms with van der Waals surface area (Å²) in [6, 6.07) is 7.29. The third-order valence-electron chi connectivity index (χ3n) is 2.86. The van der Waals surface area contributed by atoms with E-state index in [1.54, 1.807) is 18.5 Å². The van der Waals surface area contributed by atoms with E-state index in [1.165, 1.54) is 0 Å². The van der Waals surface area contributed by atoms with Crippen LogP contribution < -0.4 is 10.5 Å². The Bertz CT molecular complexity index is 645. The number of hydrogen-bond donors (Lipinski definition) is 2. The van der Waals surface area contributed by atoms with Gasteiger partial charge in [0.2, 0.25) is 5.88 Å². The summed E-state index contributed by atoms with van der Waals surface area (Å²) in [5, 5.41) is 7.34. The fourth-order valence-electron chi connectivity index (χ4n) is 1.81. The maximum absolute atomic E-state index is 7.34. The number of nitrogens with two attached hydrogens (primary N) is 1. The fourth-order valence-corrected chi connectivity index (χ4v) is 1.81. The third kappa shape index (κ3) is 3.89. The lowest BCUT2D eigenvalue weighted by Gasteiger charge is -2.06. The number of rotatable bonds is 5.